The van der Waals surface area contributed by atoms with Gasteiger partial charge < -0.3 is 0 Å². The summed E-state index contributed by atoms with van der Waals surface area (Å²) in [4.78, 5) is 20.1. The molecule has 0 aliphatic rings. The number of hydrogen-bond donors (Lipinski definition) is 1. The van der Waals surface area contributed by atoms with E-state index >= 15 is 0 Å². The third-order valence-corrected chi connectivity index (χ3v) is 2.28. The van der Waals surface area contributed by atoms with E-state index in [0.717, 1.165) is 11.6 Å². The molecule has 0 spiro atoms. The molecule has 0 saturated carbocycles. The SMILES string of the molecule is CC(C)=C/C=C/C=N/Nc1ccc([N+](=O)[O-])cc1[N+](=O)[O-]. The zero-order valence-corrected chi connectivity index (χ0v) is 11.5. The highest BCUT2D eigenvalue weighted by Crippen LogP contribution is 2.28. The number of nitro groups is 2. The molecular weight excluding hydrogens is 276 g/mol. The van der Waals surface area contributed by atoms with Gasteiger partial charge in [-0.25, -0.2) is 0 Å². The van der Waals surface area contributed by atoms with Gasteiger partial charge in [0.1, 0.15) is 5.69 Å². The van der Waals surface area contributed by atoms with Crippen LogP contribution in [0, 0.1) is 20.2 Å². The normalized spacial score (nSPS) is 10.8. The molecule has 0 atom stereocenters. The second-order valence-electron chi connectivity index (χ2n) is 4.23. The molecular formula is C13H14N4O4. The van der Waals surface area contributed by atoms with Gasteiger partial charge in [0.25, 0.3) is 5.69 Å². The molecule has 8 nitrogen and oxygen atoms in total. The van der Waals surface area contributed by atoms with Gasteiger partial charge in [0.15, 0.2) is 0 Å². The summed E-state index contributed by atoms with van der Waals surface area (Å²) >= 11 is 0. The Hall–Kier alpha value is -3.03. The van der Waals surface area contributed by atoms with Crippen molar-refractivity contribution in [3.63, 3.8) is 0 Å². The van der Waals surface area contributed by atoms with Crippen LogP contribution in [0.4, 0.5) is 17.1 Å². The first-order valence-electron chi connectivity index (χ1n) is 5.94. The van der Waals surface area contributed by atoms with Crippen LogP contribution in [0.5, 0.6) is 0 Å². The van der Waals surface area contributed by atoms with Crippen molar-refractivity contribution in [3.8, 4) is 0 Å². The molecule has 0 aliphatic heterocycles. The lowest BCUT2D eigenvalue weighted by Crippen LogP contribution is -1.98. The lowest BCUT2D eigenvalue weighted by Gasteiger charge is -2.01. The molecule has 0 aliphatic carbocycles. The number of benzene rings is 1. The number of nitrogens with one attached hydrogen (secondary N) is 1. The number of anilines is 1. The summed E-state index contributed by atoms with van der Waals surface area (Å²) < 4.78 is 0. The fraction of sp³-hybridized carbons (Fsp3) is 0.154. The highest BCUT2D eigenvalue weighted by atomic mass is 16.6. The maximum absolute atomic E-state index is 10.9. The molecule has 0 aromatic heterocycles. The molecule has 0 amide bonds. The highest BCUT2D eigenvalue weighted by molar-refractivity contribution is 5.74. The number of rotatable bonds is 6. The molecule has 0 radical (unpaired) electrons. The van der Waals surface area contributed by atoms with Gasteiger partial charge >= 0.3 is 5.69 Å². The maximum Gasteiger partial charge on any atom is 0.301 e. The molecule has 21 heavy (non-hydrogen) atoms. The third kappa shape index (κ3) is 5.23. The summed E-state index contributed by atoms with van der Waals surface area (Å²) in [6, 6.07) is 3.30. The Morgan fingerprint density at radius 2 is 1.90 bits per heavy atom. The lowest BCUT2D eigenvalue weighted by atomic mass is 10.2. The van der Waals surface area contributed by atoms with Crippen LogP contribution in [0.2, 0.25) is 0 Å². The largest absolute Gasteiger partial charge is 0.301 e. The Bertz CT molecular complexity index is 631. The molecule has 1 rings (SSSR count). The van der Waals surface area contributed by atoms with Gasteiger partial charge in [-0.05, 0) is 26.0 Å². The molecule has 0 fully saturated rings. The first-order chi connectivity index (χ1) is 9.91. The Labute approximate surface area is 120 Å². The molecule has 0 heterocycles. The fourth-order valence-electron chi connectivity index (χ4n) is 1.33. The standard InChI is InChI=1S/C13H14N4O4/c1-10(2)5-3-4-8-14-15-12-7-6-11(16(18)19)9-13(12)17(20)21/h3-9,15H,1-2H3/b4-3+,14-8+. The van der Waals surface area contributed by atoms with E-state index in [9.17, 15) is 20.2 Å². The number of non-ortho nitro benzene ring substituents is 1. The van der Waals surface area contributed by atoms with Crippen LogP contribution >= 0.6 is 0 Å². The first-order valence-corrected chi connectivity index (χ1v) is 5.94. The van der Waals surface area contributed by atoms with Crippen LogP contribution in [-0.2, 0) is 0 Å². The summed E-state index contributed by atoms with van der Waals surface area (Å²) in [6.07, 6.45) is 6.72. The average Bonchev–Trinajstić information content (AvgIpc) is 2.42. The van der Waals surface area contributed by atoms with Crippen molar-refractivity contribution >= 4 is 23.3 Å². The Morgan fingerprint density at radius 1 is 1.19 bits per heavy atom. The van der Waals surface area contributed by atoms with Gasteiger partial charge in [0, 0.05) is 12.3 Å². The minimum Gasteiger partial charge on any atom is -0.272 e. The monoisotopic (exact) mass is 290 g/mol. The van der Waals surface area contributed by atoms with Gasteiger partial charge in [-0.1, -0.05) is 17.7 Å². The zero-order chi connectivity index (χ0) is 15.8. The minimum absolute atomic E-state index is 0.0810. The van der Waals surface area contributed by atoms with Crippen molar-refractivity contribution in [2.75, 3.05) is 5.43 Å². The Morgan fingerprint density at radius 3 is 2.48 bits per heavy atom. The van der Waals surface area contributed by atoms with Gasteiger partial charge in [-0.2, -0.15) is 5.10 Å². The average molecular weight is 290 g/mol. The van der Waals surface area contributed by atoms with Crippen molar-refractivity contribution in [1.29, 1.82) is 0 Å². The van der Waals surface area contributed by atoms with Gasteiger partial charge in [-0.15, -0.1) is 0 Å². The van der Waals surface area contributed by atoms with Crippen LogP contribution in [-0.4, -0.2) is 16.1 Å². The lowest BCUT2D eigenvalue weighted by molar-refractivity contribution is -0.393. The van der Waals surface area contributed by atoms with E-state index in [2.05, 4.69) is 10.5 Å². The van der Waals surface area contributed by atoms with Crippen LogP contribution in [0.15, 0.2) is 47.1 Å². The number of nitrogens with zero attached hydrogens (tertiary/aromatic N) is 3. The second-order valence-corrected chi connectivity index (χ2v) is 4.23. The smallest absolute Gasteiger partial charge is 0.272 e. The minimum atomic E-state index is -0.704. The van der Waals surface area contributed by atoms with Crippen molar-refractivity contribution in [3.05, 3.63) is 62.2 Å². The second kappa shape index (κ2) is 7.53. The summed E-state index contributed by atoms with van der Waals surface area (Å²) in [6.45, 7) is 3.89. The molecule has 0 bridgehead atoms. The third-order valence-electron chi connectivity index (χ3n) is 2.28. The van der Waals surface area contributed by atoms with E-state index in [0.29, 0.717) is 0 Å². The molecule has 0 unspecified atom stereocenters. The zero-order valence-electron chi connectivity index (χ0n) is 11.5. The van der Waals surface area contributed by atoms with E-state index in [-0.39, 0.29) is 11.4 Å². The summed E-state index contributed by atoms with van der Waals surface area (Å²) in [7, 11) is 0. The maximum atomic E-state index is 10.9. The van der Waals surface area contributed by atoms with E-state index < -0.39 is 15.5 Å². The number of allylic oxidation sites excluding steroid dienone is 4. The first kappa shape index (κ1) is 16.0. The quantitative estimate of drug-likeness (QED) is 0.373. The Kier molecular flexibility index (Phi) is 5.75. The van der Waals surface area contributed by atoms with E-state index in [4.69, 9.17) is 0 Å². The van der Waals surface area contributed by atoms with Crippen LogP contribution < -0.4 is 5.43 Å². The van der Waals surface area contributed by atoms with E-state index in [1.807, 2.05) is 19.9 Å². The van der Waals surface area contributed by atoms with Crippen LogP contribution in [0.25, 0.3) is 0 Å². The fourth-order valence-corrected chi connectivity index (χ4v) is 1.33. The van der Waals surface area contributed by atoms with Gasteiger partial charge in [0.05, 0.1) is 15.9 Å². The predicted octanol–water partition coefficient (Wildman–Crippen LogP) is 3.42. The Balaban J connectivity index is 2.86. The summed E-state index contributed by atoms with van der Waals surface area (Å²) in [5, 5.41) is 25.3. The topological polar surface area (TPSA) is 111 Å². The van der Waals surface area contributed by atoms with Crippen LogP contribution in [0.1, 0.15) is 13.8 Å². The predicted molar refractivity (Wildman–Crippen MR) is 80.4 cm³/mol. The molecule has 1 aromatic carbocycles. The molecule has 0 saturated heterocycles. The van der Waals surface area contributed by atoms with Gasteiger partial charge in [-0.3, -0.25) is 25.7 Å². The molecule has 1 N–H and O–H groups in total. The van der Waals surface area contributed by atoms with Crippen molar-refractivity contribution in [2.24, 2.45) is 5.10 Å². The summed E-state index contributed by atoms with van der Waals surface area (Å²) in [5.74, 6) is 0. The number of nitro benzene ring substituents is 2. The van der Waals surface area contributed by atoms with Crippen LogP contribution in [0.3, 0.4) is 0 Å². The van der Waals surface area contributed by atoms with Crippen molar-refractivity contribution in [1.82, 2.24) is 0 Å². The van der Waals surface area contributed by atoms with Crippen molar-refractivity contribution in [2.45, 2.75) is 13.8 Å². The van der Waals surface area contributed by atoms with Crippen molar-refractivity contribution < 1.29 is 9.85 Å². The summed E-state index contributed by atoms with van der Waals surface area (Å²) in [5.41, 5.74) is 2.93. The molecule has 8 heteroatoms. The number of hydrazone groups is 1. The molecule has 110 valence electrons. The van der Waals surface area contributed by atoms with E-state index in [1.165, 1.54) is 18.3 Å². The molecule has 1 aromatic rings. The van der Waals surface area contributed by atoms with E-state index in [1.54, 1.807) is 12.2 Å². The highest BCUT2D eigenvalue weighted by Gasteiger charge is 2.18. The van der Waals surface area contributed by atoms with Gasteiger partial charge in [0.2, 0.25) is 0 Å². The number of hydrogen-bond acceptors (Lipinski definition) is 6.